The van der Waals surface area contributed by atoms with Gasteiger partial charge in [-0.2, -0.15) is 9.78 Å². The Bertz CT molecular complexity index is 1400. The largest absolute Gasteiger partial charge is 0.465 e. The summed E-state index contributed by atoms with van der Waals surface area (Å²) < 4.78 is 8.02. The first-order chi connectivity index (χ1) is 18.4. The minimum absolute atomic E-state index is 0.302. The first kappa shape index (κ1) is 26.5. The number of carbonyl (C=O) groups excluding carboxylic acids is 2. The van der Waals surface area contributed by atoms with E-state index in [4.69, 9.17) is 16.3 Å². The van der Waals surface area contributed by atoms with Crippen LogP contribution in [0.15, 0.2) is 61.2 Å². The van der Waals surface area contributed by atoms with Crippen molar-refractivity contribution in [3.05, 3.63) is 83.0 Å². The Balaban J connectivity index is 1.46. The number of aromatic nitrogens is 7. The van der Waals surface area contributed by atoms with Gasteiger partial charge in [0.05, 0.1) is 30.1 Å². The quantitative estimate of drug-likeness (QED) is 0.219. The van der Waals surface area contributed by atoms with Crippen LogP contribution in [-0.2, 0) is 22.5 Å². The number of rotatable bonds is 11. The molecular weight excluding hydrogens is 510 g/mol. The first-order valence-electron chi connectivity index (χ1n) is 11.8. The summed E-state index contributed by atoms with van der Waals surface area (Å²) in [4.78, 5) is 28.8. The fourth-order valence-corrected chi connectivity index (χ4v) is 3.81. The van der Waals surface area contributed by atoms with Crippen LogP contribution in [0.25, 0.3) is 11.8 Å². The van der Waals surface area contributed by atoms with Crippen LogP contribution in [0.1, 0.15) is 28.5 Å². The average molecular weight is 536 g/mol. The van der Waals surface area contributed by atoms with Gasteiger partial charge >= 0.3 is 5.97 Å². The third-order valence-corrected chi connectivity index (χ3v) is 5.77. The third kappa shape index (κ3) is 7.01. The maximum atomic E-state index is 12.9. The number of nitrogens with one attached hydrogen (secondary N) is 2. The van der Waals surface area contributed by atoms with E-state index in [1.165, 1.54) is 30.4 Å². The van der Waals surface area contributed by atoms with Crippen molar-refractivity contribution in [2.45, 2.75) is 25.9 Å². The third-order valence-electron chi connectivity index (χ3n) is 5.54. The summed E-state index contributed by atoms with van der Waals surface area (Å²) in [6.07, 6.45) is 8.37. The number of tetrazole rings is 1. The molecule has 0 saturated heterocycles. The number of benzene rings is 1. The zero-order chi connectivity index (χ0) is 26.9. The second kappa shape index (κ2) is 12.6. The van der Waals surface area contributed by atoms with Gasteiger partial charge in [-0.3, -0.25) is 9.48 Å². The number of hydrogen-bond donors (Lipinski definition) is 2. The van der Waals surface area contributed by atoms with Gasteiger partial charge in [-0.1, -0.05) is 11.6 Å². The van der Waals surface area contributed by atoms with E-state index in [-0.39, 0.29) is 11.9 Å². The lowest BCUT2D eigenvalue weighted by molar-refractivity contribution is -0.117. The molecule has 0 aliphatic carbocycles. The lowest BCUT2D eigenvalue weighted by Crippen LogP contribution is -2.40. The minimum Gasteiger partial charge on any atom is -0.465 e. The number of carbonyl (C=O) groups is 2. The smallest absolute Gasteiger partial charge is 0.339 e. The number of pyridine rings is 1. The topological polar surface area (TPSA) is 142 Å². The van der Waals surface area contributed by atoms with Crippen LogP contribution in [-0.4, -0.2) is 66.5 Å². The minimum atomic E-state index is -0.463. The number of ether oxygens (including phenoxy) is 1. The zero-order valence-electron chi connectivity index (χ0n) is 20.8. The van der Waals surface area contributed by atoms with Crippen molar-refractivity contribution in [2.24, 2.45) is 0 Å². The van der Waals surface area contributed by atoms with Crippen LogP contribution >= 0.6 is 11.6 Å². The van der Waals surface area contributed by atoms with E-state index in [1.54, 1.807) is 36.4 Å². The van der Waals surface area contributed by atoms with Crippen LogP contribution in [0, 0.1) is 0 Å². The molecule has 0 aliphatic heterocycles. The molecule has 0 fully saturated rings. The first-order valence-corrected chi connectivity index (χ1v) is 12.1. The summed E-state index contributed by atoms with van der Waals surface area (Å²) in [5, 5.41) is 22.5. The summed E-state index contributed by atoms with van der Waals surface area (Å²) in [5.74, 6) is -0.213. The molecule has 1 atom stereocenters. The zero-order valence-corrected chi connectivity index (χ0v) is 21.5. The molecule has 3 heterocycles. The van der Waals surface area contributed by atoms with Crippen LogP contribution in [0.5, 0.6) is 0 Å². The van der Waals surface area contributed by atoms with Gasteiger partial charge < -0.3 is 15.4 Å². The van der Waals surface area contributed by atoms with Crippen molar-refractivity contribution in [1.29, 1.82) is 0 Å². The molecule has 13 heteroatoms. The molecule has 1 aromatic carbocycles. The number of amides is 1. The van der Waals surface area contributed by atoms with E-state index in [0.29, 0.717) is 40.6 Å². The van der Waals surface area contributed by atoms with Crippen molar-refractivity contribution in [3.63, 3.8) is 0 Å². The molecule has 0 aliphatic rings. The van der Waals surface area contributed by atoms with Gasteiger partial charge in [0, 0.05) is 48.6 Å². The van der Waals surface area contributed by atoms with Crippen molar-refractivity contribution in [1.82, 2.24) is 40.3 Å². The summed E-state index contributed by atoms with van der Waals surface area (Å²) in [5.41, 5.74) is 2.53. The van der Waals surface area contributed by atoms with E-state index in [2.05, 4.69) is 36.2 Å². The highest BCUT2D eigenvalue weighted by Gasteiger charge is 2.15. The maximum Gasteiger partial charge on any atom is 0.339 e. The van der Waals surface area contributed by atoms with Gasteiger partial charge in [0.25, 0.3) is 0 Å². The standard InChI is InChI=1S/C25H26ClN9O3/c1-3-34-11-10-20(31-34)13-21(15-28-23-8-4-18(14-27-23)25(37)38-2)30-24(36)9-5-17-12-19(26)6-7-22(17)35-16-29-32-33-35/h4-12,14,16,21H,3,13,15H2,1-2H3,(H,27,28)(H,30,36)/b9-5+/t21-/m0/s1. The Kier molecular flexibility index (Phi) is 8.77. The SMILES string of the molecule is CCn1ccc(C[C@@H](CNc2ccc(C(=O)OC)cn2)NC(=O)/C=C/c2cc(Cl)ccc2-n2cnnn2)n1. The Morgan fingerprint density at radius 2 is 2.08 bits per heavy atom. The second-order valence-electron chi connectivity index (χ2n) is 8.17. The lowest BCUT2D eigenvalue weighted by atomic mass is 10.1. The Hall–Kier alpha value is -4.58. The number of aryl methyl sites for hydroxylation is 1. The van der Waals surface area contributed by atoms with Crippen LogP contribution in [0.3, 0.4) is 0 Å². The molecule has 3 aromatic heterocycles. The number of nitrogens with zero attached hydrogens (tertiary/aromatic N) is 7. The molecule has 12 nitrogen and oxygen atoms in total. The predicted molar refractivity (Wildman–Crippen MR) is 141 cm³/mol. The van der Waals surface area contributed by atoms with E-state index in [9.17, 15) is 9.59 Å². The molecule has 0 unspecified atom stereocenters. The average Bonchev–Trinajstić information content (AvgIpc) is 3.63. The number of hydrogen-bond acceptors (Lipinski definition) is 9. The van der Waals surface area contributed by atoms with Gasteiger partial charge in [-0.15, -0.1) is 5.10 Å². The van der Waals surface area contributed by atoms with E-state index < -0.39 is 5.97 Å². The summed E-state index contributed by atoms with van der Waals surface area (Å²) in [6.45, 7) is 3.12. The normalized spacial score (nSPS) is 11.9. The van der Waals surface area contributed by atoms with Gasteiger partial charge in [0.2, 0.25) is 5.91 Å². The highest BCUT2D eigenvalue weighted by atomic mass is 35.5. The molecule has 4 rings (SSSR count). The summed E-state index contributed by atoms with van der Waals surface area (Å²) >= 11 is 6.17. The van der Waals surface area contributed by atoms with Crippen LogP contribution in [0.4, 0.5) is 5.82 Å². The number of anilines is 1. The van der Waals surface area contributed by atoms with Gasteiger partial charge in [0.15, 0.2) is 0 Å². The summed E-state index contributed by atoms with van der Waals surface area (Å²) in [6, 6.07) is 10.1. The molecule has 2 N–H and O–H groups in total. The number of esters is 1. The highest BCUT2D eigenvalue weighted by Crippen LogP contribution is 2.20. The molecule has 196 valence electrons. The molecule has 1 amide bonds. The molecule has 0 radical (unpaired) electrons. The molecule has 38 heavy (non-hydrogen) atoms. The molecule has 4 aromatic rings. The van der Waals surface area contributed by atoms with Crippen molar-refractivity contribution in [3.8, 4) is 5.69 Å². The molecule has 0 saturated carbocycles. The fraction of sp³-hybridized carbons (Fsp3) is 0.240. The van der Waals surface area contributed by atoms with Crippen LogP contribution in [0.2, 0.25) is 5.02 Å². The molecular formula is C25H26ClN9O3. The number of halogens is 1. The Morgan fingerprint density at radius 1 is 1.21 bits per heavy atom. The monoisotopic (exact) mass is 535 g/mol. The molecule has 0 spiro atoms. The van der Waals surface area contributed by atoms with Crippen molar-refractivity contribution in [2.75, 3.05) is 19.0 Å². The lowest BCUT2D eigenvalue weighted by Gasteiger charge is -2.18. The van der Waals surface area contributed by atoms with Crippen LogP contribution < -0.4 is 10.6 Å². The van der Waals surface area contributed by atoms with Gasteiger partial charge in [-0.25, -0.2) is 9.78 Å². The number of methoxy groups -OCH3 is 1. The molecule has 0 bridgehead atoms. The maximum absolute atomic E-state index is 12.9. The second-order valence-corrected chi connectivity index (χ2v) is 8.60. The highest BCUT2D eigenvalue weighted by molar-refractivity contribution is 6.30. The van der Waals surface area contributed by atoms with Gasteiger partial charge in [0.1, 0.15) is 12.1 Å². The van der Waals surface area contributed by atoms with E-state index in [1.807, 2.05) is 23.9 Å². The van der Waals surface area contributed by atoms with Crippen molar-refractivity contribution >= 4 is 35.4 Å². The Morgan fingerprint density at radius 3 is 2.76 bits per heavy atom. The van der Waals surface area contributed by atoms with Crippen molar-refractivity contribution < 1.29 is 14.3 Å². The summed E-state index contributed by atoms with van der Waals surface area (Å²) in [7, 11) is 1.31. The van der Waals surface area contributed by atoms with E-state index in [0.717, 1.165) is 12.2 Å². The predicted octanol–water partition coefficient (Wildman–Crippen LogP) is 2.57. The van der Waals surface area contributed by atoms with Gasteiger partial charge in [-0.05, 0) is 59.8 Å². The fourth-order valence-electron chi connectivity index (χ4n) is 3.63. The Labute approximate surface area is 223 Å². The van der Waals surface area contributed by atoms with E-state index >= 15 is 0 Å².